The smallest absolute Gasteiger partial charge is 0.336 e. The fraction of sp³-hybridized carbons (Fsp3) is 0.235. The topological polar surface area (TPSA) is 130 Å². The molecule has 10 nitrogen and oxygen atoms in total. The summed E-state index contributed by atoms with van der Waals surface area (Å²) >= 11 is 0. The average Bonchev–Trinajstić information content (AvgIpc) is 2.67. The van der Waals surface area contributed by atoms with Crippen LogP contribution in [0, 0.1) is 20.2 Å². The van der Waals surface area contributed by atoms with Gasteiger partial charge < -0.3 is 14.9 Å². The van der Waals surface area contributed by atoms with Gasteiger partial charge in [-0.25, -0.2) is 4.79 Å². The summed E-state index contributed by atoms with van der Waals surface area (Å²) in [6, 6.07) is 11.3. The molecule has 1 aliphatic rings. The van der Waals surface area contributed by atoms with Crippen molar-refractivity contribution in [1.82, 2.24) is 0 Å². The van der Waals surface area contributed by atoms with Gasteiger partial charge in [-0.15, -0.1) is 0 Å². The summed E-state index contributed by atoms with van der Waals surface area (Å²) in [7, 11) is 0. The maximum absolute atomic E-state index is 11.5. The molecule has 0 atom stereocenters. The highest BCUT2D eigenvalue weighted by Gasteiger charge is 2.33. The van der Waals surface area contributed by atoms with Crippen LogP contribution < -0.4 is 9.80 Å². The van der Waals surface area contributed by atoms with Crippen LogP contribution in [0.2, 0.25) is 0 Å². The minimum absolute atomic E-state index is 0.150. The number of benzene rings is 2. The third-order valence-corrected chi connectivity index (χ3v) is 4.43. The lowest BCUT2D eigenvalue weighted by atomic mass is 10.1. The second-order valence-corrected chi connectivity index (χ2v) is 5.99. The average molecular weight is 372 g/mol. The molecule has 140 valence electrons. The van der Waals surface area contributed by atoms with Gasteiger partial charge in [0, 0.05) is 44.0 Å². The number of para-hydroxylation sites is 1. The molecule has 1 aliphatic heterocycles. The molecule has 1 fully saturated rings. The third-order valence-electron chi connectivity index (χ3n) is 4.43. The number of carbonyl (C=O) groups is 1. The number of rotatable bonds is 5. The number of piperazine rings is 1. The van der Waals surface area contributed by atoms with E-state index in [0.29, 0.717) is 26.2 Å². The first-order valence-electron chi connectivity index (χ1n) is 8.13. The van der Waals surface area contributed by atoms with Crippen LogP contribution in [0.5, 0.6) is 0 Å². The molecule has 27 heavy (non-hydrogen) atoms. The van der Waals surface area contributed by atoms with Crippen LogP contribution in [0.3, 0.4) is 0 Å². The monoisotopic (exact) mass is 372 g/mol. The third kappa shape index (κ3) is 3.64. The molecule has 1 N–H and O–H groups in total. The van der Waals surface area contributed by atoms with Crippen LogP contribution in [-0.4, -0.2) is 47.1 Å². The summed E-state index contributed by atoms with van der Waals surface area (Å²) in [6.45, 7) is 1.73. The van der Waals surface area contributed by atoms with Crippen LogP contribution in [0.1, 0.15) is 10.4 Å². The lowest BCUT2D eigenvalue weighted by molar-refractivity contribution is -0.392. The van der Waals surface area contributed by atoms with Crippen molar-refractivity contribution in [2.45, 2.75) is 0 Å². The molecule has 0 aliphatic carbocycles. The minimum Gasteiger partial charge on any atom is -0.478 e. The molecular weight excluding hydrogens is 356 g/mol. The number of nitro groups is 2. The number of nitro benzene ring substituents is 2. The van der Waals surface area contributed by atoms with Crippen molar-refractivity contribution in [2.24, 2.45) is 0 Å². The van der Waals surface area contributed by atoms with E-state index in [1.54, 1.807) is 4.90 Å². The van der Waals surface area contributed by atoms with Crippen molar-refractivity contribution in [3.8, 4) is 0 Å². The molecule has 0 unspecified atom stereocenters. The predicted molar refractivity (Wildman–Crippen MR) is 97.6 cm³/mol. The molecule has 10 heteroatoms. The van der Waals surface area contributed by atoms with Gasteiger partial charge in [-0.2, -0.15) is 0 Å². The fourth-order valence-corrected chi connectivity index (χ4v) is 3.16. The van der Waals surface area contributed by atoms with Crippen molar-refractivity contribution in [2.75, 3.05) is 36.0 Å². The maximum Gasteiger partial charge on any atom is 0.336 e. The molecule has 2 aromatic carbocycles. The Hall–Kier alpha value is -3.69. The van der Waals surface area contributed by atoms with E-state index in [1.807, 2.05) is 30.3 Å². The van der Waals surface area contributed by atoms with E-state index < -0.39 is 32.8 Å². The normalized spacial score (nSPS) is 14.1. The van der Waals surface area contributed by atoms with Gasteiger partial charge in [0.05, 0.1) is 15.4 Å². The van der Waals surface area contributed by atoms with Crippen molar-refractivity contribution >= 4 is 28.7 Å². The van der Waals surface area contributed by atoms with Gasteiger partial charge in [0.1, 0.15) is 0 Å². The number of hydrogen-bond donors (Lipinski definition) is 1. The summed E-state index contributed by atoms with van der Waals surface area (Å²) in [5.74, 6) is -1.46. The molecule has 1 saturated heterocycles. The number of carboxylic acids is 1. The molecule has 1 heterocycles. The Kier molecular flexibility index (Phi) is 4.88. The standard InChI is InChI=1S/C17H16N4O6/c22-17(23)12-10-14(20(24)25)16(15(11-12)21(26)27)19-8-6-18(7-9-19)13-4-2-1-3-5-13/h1-5,10-11H,6-9H2,(H,22,23). The van der Waals surface area contributed by atoms with Gasteiger partial charge in [-0.05, 0) is 12.1 Å². The van der Waals surface area contributed by atoms with Crippen molar-refractivity contribution in [1.29, 1.82) is 0 Å². The predicted octanol–water partition coefficient (Wildman–Crippen LogP) is 2.53. The zero-order valence-electron chi connectivity index (χ0n) is 14.1. The van der Waals surface area contributed by atoms with Crippen molar-refractivity contribution in [3.05, 3.63) is 68.3 Å². The SMILES string of the molecule is O=C(O)c1cc([N+](=O)[O-])c(N2CCN(c3ccccc3)CC2)c([N+](=O)[O-])c1. The first-order chi connectivity index (χ1) is 12.9. The number of hydrogen-bond acceptors (Lipinski definition) is 7. The van der Waals surface area contributed by atoms with E-state index >= 15 is 0 Å². The van der Waals surface area contributed by atoms with E-state index in [9.17, 15) is 25.0 Å². The number of carboxylic acid groups (broad SMARTS) is 1. The Balaban J connectivity index is 1.95. The summed E-state index contributed by atoms with van der Waals surface area (Å²) in [6.07, 6.45) is 0. The number of anilines is 2. The first kappa shape index (κ1) is 18.1. The number of nitrogens with zero attached hydrogens (tertiary/aromatic N) is 4. The van der Waals surface area contributed by atoms with Gasteiger partial charge in [0.25, 0.3) is 0 Å². The first-order valence-corrected chi connectivity index (χ1v) is 8.13. The van der Waals surface area contributed by atoms with Gasteiger partial charge in [0.15, 0.2) is 5.69 Å². The van der Waals surface area contributed by atoms with Gasteiger partial charge in [-0.3, -0.25) is 20.2 Å². The van der Waals surface area contributed by atoms with Gasteiger partial charge in [-0.1, -0.05) is 18.2 Å². The molecule has 0 bridgehead atoms. The highest BCUT2D eigenvalue weighted by atomic mass is 16.6. The molecule has 0 aromatic heterocycles. The second-order valence-electron chi connectivity index (χ2n) is 5.99. The Morgan fingerprint density at radius 3 is 1.81 bits per heavy atom. The van der Waals surface area contributed by atoms with E-state index in [1.165, 1.54) is 0 Å². The molecular formula is C17H16N4O6. The van der Waals surface area contributed by atoms with Gasteiger partial charge >= 0.3 is 17.3 Å². The molecule has 0 spiro atoms. The zero-order valence-corrected chi connectivity index (χ0v) is 14.1. The van der Waals surface area contributed by atoms with Crippen LogP contribution in [-0.2, 0) is 0 Å². The van der Waals surface area contributed by atoms with Crippen LogP contribution in [0.4, 0.5) is 22.7 Å². The summed E-state index contributed by atoms with van der Waals surface area (Å²) in [4.78, 5) is 36.2. The van der Waals surface area contributed by atoms with Crippen molar-refractivity contribution in [3.63, 3.8) is 0 Å². The Bertz CT molecular complexity index is 859. The highest BCUT2D eigenvalue weighted by Crippen LogP contribution is 2.39. The van der Waals surface area contributed by atoms with Crippen LogP contribution in [0.25, 0.3) is 0 Å². The zero-order chi connectivity index (χ0) is 19.6. The van der Waals surface area contributed by atoms with Crippen LogP contribution >= 0.6 is 0 Å². The lowest BCUT2D eigenvalue weighted by Crippen LogP contribution is -2.46. The second kappa shape index (κ2) is 7.28. The van der Waals surface area contributed by atoms with Crippen molar-refractivity contribution < 1.29 is 19.7 Å². The Morgan fingerprint density at radius 2 is 1.37 bits per heavy atom. The largest absolute Gasteiger partial charge is 0.478 e. The minimum atomic E-state index is -1.46. The highest BCUT2D eigenvalue weighted by molar-refractivity contribution is 5.92. The summed E-state index contributed by atoms with van der Waals surface area (Å²) in [5, 5.41) is 32.0. The number of aromatic carboxylic acids is 1. The van der Waals surface area contributed by atoms with E-state index in [2.05, 4.69) is 4.90 Å². The molecule has 2 aromatic rings. The molecule has 3 rings (SSSR count). The van der Waals surface area contributed by atoms with E-state index in [4.69, 9.17) is 5.11 Å². The van der Waals surface area contributed by atoms with E-state index in [0.717, 1.165) is 17.8 Å². The Labute approximate surface area is 153 Å². The molecule has 0 radical (unpaired) electrons. The fourth-order valence-electron chi connectivity index (χ4n) is 3.16. The summed E-state index contributed by atoms with van der Waals surface area (Å²) < 4.78 is 0. The quantitative estimate of drug-likeness (QED) is 0.626. The Morgan fingerprint density at radius 1 is 0.889 bits per heavy atom. The van der Waals surface area contributed by atoms with Crippen LogP contribution in [0.15, 0.2) is 42.5 Å². The van der Waals surface area contributed by atoms with E-state index in [-0.39, 0.29) is 5.69 Å². The molecule has 0 amide bonds. The van der Waals surface area contributed by atoms with Gasteiger partial charge in [0.2, 0.25) is 0 Å². The maximum atomic E-state index is 11.5. The summed E-state index contributed by atoms with van der Waals surface area (Å²) in [5.41, 5.74) is -0.783. The lowest BCUT2D eigenvalue weighted by Gasteiger charge is -2.36. The molecule has 0 saturated carbocycles.